The van der Waals surface area contributed by atoms with E-state index in [2.05, 4.69) is 29.4 Å². The van der Waals surface area contributed by atoms with Gasteiger partial charge in [0, 0.05) is 32.7 Å². The number of carbonyl (C=O) groups excluding carboxylic acids is 1. The smallest absolute Gasteiger partial charge is 0.227 e. The molecule has 0 bridgehead atoms. The van der Waals surface area contributed by atoms with Gasteiger partial charge in [0.05, 0.1) is 17.6 Å². The molecule has 2 saturated heterocycles. The predicted molar refractivity (Wildman–Crippen MR) is 86.7 cm³/mol. The third-order valence-corrected chi connectivity index (χ3v) is 5.71. The highest BCUT2D eigenvalue weighted by Crippen LogP contribution is 2.43. The topological polar surface area (TPSA) is 53.6 Å². The van der Waals surface area contributed by atoms with Crippen molar-refractivity contribution >= 4 is 5.91 Å². The molecule has 0 aromatic carbocycles. The Balaban J connectivity index is 1.48. The fraction of sp³-hybridized carbons (Fsp3) is 0.941. The third kappa shape index (κ3) is 3.31. The molecule has 1 saturated carbocycles. The molecular formula is C17H31N3O2. The number of hydrogen-bond acceptors (Lipinski definition) is 4. The SMILES string of the molecule is CC1(C)CN(CCNC(=O)[C@@]23CCCC[C@H]2CNC3)CCO1. The van der Waals surface area contributed by atoms with Gasteiger partial charge in [-0.05, 0) is 39.2 Å². The molecule has 5 nitrogen and oxygen atoms in total. The van der Waals surface area contributed by atoms with Gasteiger partial charge in [-0.1, -0.05) is 12.8 Å². The second-order valence-corrected chi connectivity index (χ2v) is 7.87. The fourth-order valence-electron chi connectivity index (χ4n) is 4.50. The Kier molecular flexibility index (Phi) is 4.76. The molecule has 3 fully saturated rings. The molecule has 0 radical (unpaired) electrons. The first-order valence-corrected chi connectivity index (χ1v) is 8.87. The first-order chi connectivity index (χ1) is 10.5. The van der Waals surface area contributed by atoms with E-state index in [1.165, 1.54) is 19.3 Å². The van der Waals surface area contributed by atoms with Crippen LogP contribution in [0.3, 0.4) is 0 Å². The standard InChI is InChI=1S/C17H31N3O2/c1-16(2)13-20(9-10-22-16)8-7-19-15(21)17-6-4-3-5-14(17)11-18-12-17/h14,18H,3-13H2,1-2H3,(H,19,21)/t14-,17+/m0/s1. The summed E-state index contributed by atoms with van der Waals surface area (Å²) in [7, 11) is 0. The lowest BCUT2D eigenvalue weighted by Gasteiger charge is -2.39. The molecule has 0 aromatic heterocycles. The van der Waals surface area contributed by atoms with Crippen molar-refractivity contribution in [1.29, 1.82) is 0 Å². The Morgan fingerprint density at radius 1 is 1.41 bits per heavy atom. The second kappa shape index (κ2) is 6.46. The minimum Gasteiger partial charge on any atom is -0.373 e. The van der Waals surface area contributed by atoms with Crippen LogP contribution in [-0.4, -0.2) is 62.3 Å². The molecule has 22 heavy (non-hydrogen) atoms. The molecule has 2 atom stereocenters. The highest BCUT2D eigenvalue weighted by Gasteiger charge is 2.49. The molecule has 3 aliphatic rings. The summed E-state index contributed by atoms with van der Waals surface area (Å²) in [5, 5.41) is 6.68. The van der Waals surface area contributed by atoms with E-state index in [0.717, 1.165) is 52.3 Å². The van der Waals surface area contributed by atoms with E-state index in [9.17, 15) is 4.79 Å². The molecule has 0 spiro atoms. The monoisotopic (exact) mass is 309 g/mol. The maximum absolute atomic E-state index is 12.8. The lowest BCUT2D eigenvalue weighted by atomic mass is 9.67. The number of morpholine rings is 1. The zero-order chi connectivity index (χ0) is 15.6. The Bertz CT molecular complexity index is 413. The van der Waals surface area contributed by atoms with Crippen molar-refractivity contribution in [3.63, 3.8) is 0 Å². The van der Waals surface area contributed by atoms with Crippen molar-refractivity contribution < 1.29 is 9.53 Å². The predicted octanol–water partition coefficient (Wildman–Crippen LogP) is 0.993. The molecule has 126 valence electrons. The summed E-state index contributed by atoms with van der Waals surface area (Å²) >= 11 is 0. The Morgan fingerprint density at radius 2 is 2.27 bits per heavy atom. The molecule has 0 unspecified atom stereocenters. The number of ether oxygens (including phenoxy) is 1. The third-order valence-electron chi connectivity index (χ3n) is 5.71. The molecular weight excluding hydrogens is 278 g/mol. The largest absolute Gasteiger partial charge is 0.373 e. The van der Waals surface area contributed by atoms with Crippen LogP contribution in [0.5, 0.6) is 0 Å². The van der Waals surface area contributed by atoms with Crippen molar-refractivity contribution in [2.24, 2.45) is 11.3 Å². The van der Waals surface area contributed by atoms with E-state index in [1.807, 2.05) is 0 Å². The van der Waals surface area contributed by atoms with Crippen LogP contribution in [0.4, 0.5) is 0 Å². The Hall–Kier alpha value is -0.650. The lowest BCUT2D eigenvalue weighted by molar-refractivity contribution is -0.134. The second-order valence-electron chi connectivity index (χ2n) is 7.87. The van der Waals surface area contributed by atoms with Crippen molar-refractivity contribution in [3.8, 4) is 0 Å². The van der Waals surface area contributed by atoms with Crippen LogP contribution in [-0.2, 0) is 9.53 Å². The summed E-state index contributed by atoms with van der Waals surface area (Å²) in [4.78, 5) is 15.2. The number of nitrogens with one attached hydrogen (secondary N) is 2. The van der Waals surface area contributed by atoms with Crippen LogP contribution in [0.25, 0.3) is 0 Å². The Morgan fingerprint density at radius 3 is 3.09 bits per heavy atom. The van der Waals surface area contributed by atoms with Crippen LogP contribution in [0, 0.1) is 11.3 Å². The average Bonchev–Trinajstić information content (AvgIpc) is 2.91. The highest BCUT2D eigenvalue weighted by atomic mass is 16.5. The van der Waals surface area contributed by atoms with Crippen LogP contribution in [0.2, 0.25) is 0 Å². The summed E-state index contributed by atoms with van der Waals surface area (Å²) in [6.07, 6.45) is 4.74. The fourth-order valence-corrected chi connectivity index (χ4v) is 4.50. The summed E-state index contributed by atoms with van der Waals surface area (Å²) in [5.41, 5.74) is -0.187. The minimum atomic E-state index is -0.122. The zero-order valence-corrected chi connectivity index (χ0v) is 14.1. The van der Waals surface area contributed by atoms with Gasteiger partial charge in [-0.25, -0.2) is 0 Å². The number of hydrogen-bond donors (Lipinski definition) is 2. The Labute approximate surface area is 134 Å². The van der Waals surface area contributed by atoms with E-state index in [1.54, 1.807) is 0 Å². The van der Waals surface area contributed by atoms with Crippen molar-refractivity contribution in [2.75, 3.05) is 45.9 Å². The molecule has 5 heteroatoms. The van der Waals surface area contributed by atoms with Gasteiger partial charge in [0.2, 0.25) is 5.91 Å². The summed E-state index contributed by atoms with van der Waals surface area (Å²) < 4.78 is 5.74. The van der Waals surface area contributed by atoms with Gasteiger partial charge in [0.1, 0.15) is 0 Å². The van der Waals surface area contributed by atoms with Crippen LogP contribution >= 0.6 is 0 Å². The van der Waals surface area contributed by atoms with Crippen LogP contribution in [0.1, 0.15) is 39.5 Å². The van der Waals surface area contributed by atoms with Gasteiger partial charge in [0.15, 0.2) is 0 Å². The molecule has 3 rings (SSSR count). The van der Waals surface area contributed by atoms with Crippen molar-refractivity contribution in [2.45, 2.75) is 45.1 Å². The van der Waals surface area contributed by atoms with E-state index < -0.39 is 0 Å². The molecule has 2 heterocycles. The van der Waals surface area contributed by atoms with E-state index in [-0.39, 0.29) is 16.9 Å². The van der Waals surface area contributed by atoms with Crippen LogP contribution in [0.15, 0.2) is 0 Å². The zero-order valence-electron chi connectivity index (χ0n) is 14.1. The molecule has 2 aliphatic heterocycles. The van der Waals surface area contributed by atoms with Gasteiger partial charge in [-0.15, -0.1) is 0 Å². The highest BCUT2D eigenvalue weighted by molar-refractivity contribution is 5.83. The average molecular weight is 309 g/mol. The summed E-state index contributed by atoms with van der Waals surface area (Å²) in [5.74, 6) is 0.832. The molecule has 1 aliphatic carbocycles. The first-order valence-electron chi connectivity index (χ1n) is 8.87. The molecule has 2 N–H and O–H groups in total. The maximum Gasteiger partial charge on any atom is 0.227 e. The minimum absolute atomic E-state index is 0.0647. The van der Waals surface area contributed by atoms with Crippen molar-refractivity contribution in [1.82, 2.24) is 15.5 Å². The number of carbonyl (C=O) groups is 1. The van der Waals surface area contributed by atoms with E-state index >= 15 is 0 Å². The molecule has 1 amide bonds. The normalized spacial score (nSPS) is 35.1. The summed E-state index contributed by atoms with van der Waals surface area (Å²) in [6.45, 7) is 10.5. The van der Waals surface area contributed by atoms with Gasteiger partial charge in [-0.2, -0.15) is 0 Å². The number of rotatable bonds is 4. The lowest BCUT2D eigenvalue weighted by Crippen LogP contribution is -2.52. The number of nitrogens with zero attached hydrogens (tertiary/aromatic N) is 1. The maximum atomic E-state index is 12.8. The van der Waals surface area contributed by atoms with Gasteiger partial charge in [0.25, 0.3) is 0 Å². The first kappa shape index (κ1) is 16.2. The number of fused-ring (bicyclic) bond motifs is 1. The van der Waals surface area contributed by atoms with E-state index in [0.29, 0.717) is 5.92 Å². The van der Waals surface area contributed by atoms with Gasteiger partial charge >= 0.3 is 0 Å². The molecule has 0 aromatic rings. The van der Waals surface area contributed by atoms with Gasteiger partial charge < -0.3 is 15.4 Å². The van der Waals surface area contributed by atoms with Crippen molar-refractivity contribution in [3.05, 3.63) is 0 Å². The van der Waals surface area contributed by atoms with E-state index in [4.69, 9.17) is 4.74 Å². The van der Waals surface area contributed by atoms with Crippen LogP contribution < -0.4 is 10.6 Å². The quantitative estimate of drug-likeness (QED) is 0.813. The summed E-state index contributed by atoms with van der Waals surface area (Å²) in [6, 6.07) is 0. The van der Waals surface area contributed by atoms with Gasteiger partial charge in [-0.3, -0.25) is 9.69 Å². The number of amides is 1.